The third-order valence-corrected chi connectivity index (χ3v) is 6.14. The lowest BCUT2D eigenvalue weighted by molar-refractivity contribution is -0.142. The van der Waals surface area contributed by atoms with E-state index in [-0.39, 0.29) is 12.4 Å². The predicted octanol–water partition coefficient (Wildman–Crippen LogP) is 2.49. The summed E-state index contributed by atoms with van der Waals surface area (Å²) in [6.07, 6.45) is 2.22. The van der Waals surface area contributed by atoms with Gasteiger partial charge in [-0.05, 0) is 18.1 Å². The molecule has 0 spiro atoms. The molecule has 23 heavy (non-hydrogen) atoms. The summed E-state index contributed by atoms with van der Waals surface area (Å²) in [5.41, 5.74) is 0.867. The first-order chi connectivity index (χ1) is 11.1. The van der Waals surface area contributed by atoms with E-state index < -0.39 is 14.8 Å². The largest absolute Gasteiger partial charge is 0.500 e. The second-order valence-electron chi connectivity index (χ2n) is 4.66. The molecule has 0 aromatic heterocycles. The van der Waals surface area contributed by atoms with Gasteiger partial charge < -0.3 is 22.8 Å². The Balaban J connectivity index is 2.50. The minimum Gasteiger partial charge on any atom is -0.490 e. The molecule has 6 nitrogen and oxygen atoms in total. The van der Waals surface area contributed by atoms with Crippen molar-refractivity contribution in [1.82, 2.24) is 0 Å². The van der Waals surface area contributed by atoms with Gasteiger partial charge in [-0.25, -0.2) is 4.79 Å². The van der Waals surface area contributed by atoms with Crippen molar-refractivity contribution in [3.05, 3.63) is 41.7 Å². The molecule has 0 unspecified atom stereocenters. The lowest BCUT2D eigenvalue weighted by atomic mass is 10.2. The zero-order valence-electron chi connectivity index (χ0n) is 14.0. The van der Waals surface area contributed by atoms with Gasteiger partial charge in [0.2, 0.25) is 5.76 Å². The van der Waals surface area contributed by atoms with Crippen LogP contribution in [0.25, 0.3) is 6.08 Å². The number of hydrogen-bond donors (Lipinski definition) is 0. The zero-order chi connectivity index (χ0) is 17.1. The first-order valence-electron chi connectivity index (χ1n) is 7.24. The van der Waals surface area contributed by atoms with Gasteiger partial charge >= 0.3 is 14.8 Å². The average molecular weight is 340 g/mol. The Bertz CT molecular complexity index is 490. The van der Waals surface area contributed by atoms with Gasteiger partial charge in [0.25, 0.3) is 0 Å². The Morgan fingerprint density at radius 1 is 1.04 bits per heavy atom. The molecule has 0 radical (unpaired) electrons. The number of carbonyl (C=O) groups is 1. The highest BCUT2D eigenvalue weighted by Crippen LogP contribution is 2.15. The molecule has 1 rings (SSSR count). The van der Waals surface area contributed by atoms with Crippen molar-refractivity contribution >= 4 is 20.8 Å². The summed E-state index contributed by atoms with van der Waals surface area (Å²) in [5.74, 6) is -0.346. The Labute approximate surface area is 138 Å². The summed E-state index contributed by atoms with van der Waals surface area (Å²) in [6, 6.07) is 9.99. The van der Waals surface area contributed by atoms with E-state index >= 15 is 0 Å². The minimum atomic E-state index is -2.62. The van der Waals surface area contributed by atoms with Crippen molar-refractivity contribution in [1.29, 1.82) is 0 Å². The van der Waals surface area contributed by atoms with Crippen molar-refractivity contribution in [2.45, 2.75) is 12.5 Å². The Kier molecular flexibility index (Phi) is 8.56. The van der Waals surface area contributed by atoms with Crippen molar-refractivity contribution in [2.75, 3.05) is 35.0 Å². The molecule has 1 aromatic carbocycles. The normalized spacial score (nSPS) is 12.1. The third-order valence-electron chi connectivity index (χ3n) is 3.31. The molecule has 0 heterocycles. The summed E-state index contributed by atoms with van der Waals surface area (Å²) in [4.78, 5) is 12.0. The molecule has 7 heteroatoms. The molecular formula is C16H24O6Si. The molecule has 0 aliphatic heterocycles. The topological polar surface area (TPSA) is 63.2 Å². The maximum absolute atomic E-state index is 12.0. The van der Waals surface area contributed by atoms with E-state index in [4.69, 9.17) is 22.8 Å². The maximum atomic E-state index is 12.0. The van der Waals surface area contributed by atoms with Crippen molar-refractivity contribution in [3.63, 3.8) is 0 Å². The number of esters is 1. The van der Waals surface area contributed by atoms with Crippen LogP contribution in [0.4, 0.5) is 0 Å². The number of benzene rings is 1. The van der Waals surface area contributed by atoms with Gasteiger partial charge in [0.1, 0.15) is 0 Å². The van der Waals surface area contributed by atoms with Gasteiger partial charge in [0.05, 0.1) is 13.7 Å². The van der Waals surface area contributed by atoms with Gasteiger partial charge in [-0.1, -0.05) is 30.3 Å². The van der Waals surface area contributed by atoms with Gasteiger partial charge in [0.15, 0.2) is 0 Å². The van der Waals surface area contributed by atoms with E-state index in [0.29, 0.717) is 12.5 Å². The SMILES string of the molecule is COC(=Cc1ccccc1)C(=O)OCCC[Si](OC)(OC)OC. The van der Waals surface area contributed by atoms with Crippen LogP contribution in [0, 0.1) is 0 Å². The van der Waals surface area contributed by atoms with Crippen LogP contribution in [0.2, 0.25) is 6.04 Å². The van der Waals surface area contributed by atoms with Crippen LogP contribution in [-0.4, -0.2) is 49.8 Å². The quantitative estimate of drug-likeness (QED) is 0.214. The predicted molar refractivity (Wildman–Crippen MR) is 88.6 cm³/mol. The highest BCUT2D eigenvalue weighted by atomic mass is 28.4. The first-order valence-corrected chi connectivity index (χ1v) is 9.17. The molecule has 0 saturated heterocycles. The van der Waals surface area contributed by atoms with Crippen LogP contribution in [0.3, 0.4) is 0 Å². The Morgan fingerprint density at radius 2 is 1.65 bits per heavy atom. The smallest absolute Gasteiger partial charge is 0.490 e. The van der Waals surface area contributed by atoms with Crippen LogP contribution in [0.5, 0.6) is 0 Å². The first kappa shape index (κ1) is 19.4. The summed E-state index contributed by atoms with van der Waals surface area (Å²) in [6.45, 7) is 0.235. The number of methoxy groups -OCH3 is 1. The number of carbonyl (C=O) groups excluding carboxylic acids is 1. The van der Waals surface area contributed by atoms with Crippen molar-refractivity contribution in [2.24, 2.45) is 0 Å². The lowest BCUT2D eigenvalue weighted by Gasteiger charge is -2.24. The third kappa shape index (κ3) is 6.15. The molecule has 128 valence electrons. The van der Waals surface area contributed by atoms with E-state index in [0.717, 1.165) is 5.56 Å². The van der Waals surface area contributed by atoms with Gasteiger partial charge in [0, 0.05) is 27.4 Å². The molecule has 0 atom stereocenters. The molecular weight excluding hydrogens is 316 g/mol. The molecule has 0 bridgehead atoms. The van der Waals surface area contributed by atoms with E-state index in [2.05, 4.69) is 0 Å². The van der Waals surface area contributed by atoms with Crippen LogP contribution in [-0.2, 0) is 27.5 Å². The molecule has 1 aromatic rings. The van der Waals surface area contributed by atoms with Crippen LogP contribution in [0.1, 0.15) is 12.0 Å². The molecule has 0 amide bonds. The van der Waals surface area contributed by atoms with Gasteiger partial charge in [-0.15, -0.1) is 0 Å². The number of rotatable bonds is 10. The fraction of sp³-hybridized carbons (Fsp3) is 0.438. The second-order valence-corrected chi connectivity index (χ2v) is 7.75. The van der Waals surface area contributed by atoms with Crippen LogP contribution in [0.15, 0.2) is 36.1 Å². The van der Waals surface area contributed by atoms with E-state index in [1.807, 2.05) is 30.3 Å². The van der Waals surface area contributed by atoms with Gasteiger partial charge in [-0.3, -0.25) is 0 Å². The van der Waals surface area contributed by atoms with Gasteiger partial charge in [-0.2, -0.15) is 0 Å². The summed E-state index contributed by atoms with van der Waals surface area (Å²) >= 11 is 0. The fourth-order valence-corrected chi connectivity index (χ4v) is 3.67. The molecule has 0 aliphatic rings. The van der Waals surface area contributed by atoms with Crippen LogP contribution < -0.4 is 0 Å². The standard InChI is InChI=1S/C16H24O6Si/c1-18-15(13-14-9-6-5-7-10-14)16(17)22-11-8-12-23(19-2,20-3)21-4/h5-7,9-10,13H,8,11-12H2,1-4H3. The summed E-state index contributed by atoms with van der Waals surface area (Å²) in [7, 11) is 3.47. The van der Waals surface area contributed by atoms with Crippen molar-refractivity contribution < 1.29 is 27.5 Å². The fourth-order valence-electron chi connectivity index (χ4n) is 1.98. The molecule has 0 fully saturated rings. The summed E-state index contributed by atoms with van der Waals surface area (Å²) < 4.78 is 26.2. The number of hydrogen-bond acceptors (Lipinski definition) is 6. The molecule has 0 N–H and O–H groups in total. The highest BCUT2D eigenvalue weighted by molar-refractivity contribution is 6.60. The lowest BCUT2D eigenvalue weighted by Crippen LogP contribution is -2.42. The van der Waals surface area contributed by atoms with E-state index in [1.54, 1.807) is 27.4 Å². The average Bonchev–Trinajstić information content (AvgIpc) is 2.61. The maximum Gasteiger partial charge on any atom is 0.500 e. The number of ether oxygens (including phenoxy) is 2. The highest BCUT2D eigenvalue weighted by Gasteiger charge is 2.37. The van der Waals surface area contributed by atoms with E-state index in [9.17, 15) is 4.79 Å². The Morgan fingerprint density at radius 3 is 2.17 bits per heavy atom. The molecule has 0 aliphatic carbocycles. The summed E-state index contributed by atoms with van der Waals surface area (Å²) in [5, 5.41) is 0. The Hall–Kier alpha value is -1.67. The zero-order valence-corrected chi connectivity index (χ0v) is 15.0. The van der Waals surface area contributed by atoms with Crippen LogP contribution >= 0.6 is 0 Å². The van der Waals surface area contributed by atoms with E-state index in [1.165, 1.54) is 7.11 Å². The molecule has 0 saturated carbocycles. The minimum absolute atomic E-state index is 0.157. The monoisotopic (exact) mass is 340 g/mol. The second kappa shape index (κ2) is 10.2. The van der Waals surface area contributed by atoms with Crippen molar-refractivity contribution in [3.8, 4) is 0 Å².